The third kappa shape index (κ3) is 7.04. The summed E-state index contributed by atoms with van der Waals surface area (Å²) >= 11 is 0. The number of carbonyl (C=O) groups is 2. The molecule has 0 spiro atoms. The summed E-state index contributed by atoms with van der Waals surface area (Å²) in [5.41, 5.74) is 5.37. The van der Waals surface area contributed by atoms with E-state index in [2.05, 4.69) is 18.3 Å². The van der Waals surface area contributed by atoms with E-state index < -0.39 is 5.97 Å². The van der Waals surface area contributed by atoms with Crippen LogP contribution >= 0.6 is 0 Å². The molecule has 0 aliphatic carbocycles. The van der Waals surface area contributed by atoms with Crippen LogP contribution in [0, 0.1) is 11.3 Å². The number of nitrogens with one attached hydrogen (secondary N) is 1. The molecule has 1 N–H and O–H groups in total. The highest BCUT2D eigenvalue weighted by atomic mass is 16.5. The quantitative estimate of drug-likeness (QED) is 0.236. The molecule has 35 heavy (non-hydrogen) atoms. The van der Waals surface area contributed by atoms with E-state index >= 15 is 0 Å². The van der Waals surface area contributed by atoms with E-state index in [0.717, 1.165) is 47.9 Å². The Hall–Kier alpha value is -3.91. The Balaban J connectivity index is 1.76. The van der Waals surface area contributed by atoms with Crippen LogP contribution in [0.25, 0.3) is 11.1 Å². The van der Waals surface area contributed by atoms with Crippen molar-refractivity contribution in [3.05, 3.63) is 89.0 Å². The minimum absolute atomic E-state index is 0.173. The van der Waals surface area contributed by atoms with E-state index in [1.807, 2.05) is 48.5 Å². The number of carbonyl (C=O) groups excluding carboxylic acids is 2. The predicted molar refractivity (Wildman–Crippen MR) is 139 cm³/mol. The summed E-state index contributed by atoms with van der Waals surface area (Å²) in [4.78, 5) is 25.0. The van der Waals surface area contributed by atoms with Crippen molar-refractivity contribution in [3.63, 3.8) is 0 Å². The molecule has 3 rings (SSSR count). The monoisotopic (exact) mass is 468 g/mol. The van der Waals surface area contributed by atoms with Crippen LogP contribution < -0.4 is 5.32 Å². The van der Waals surface area contributed by atoms with Crippen LogP contribution in [0.15, 0.2) is 66.7 Å². The number of hydrogen-bond donors (Lipinski definition) is 1. The molecule has 0 amide bonds. The van der Waals surface area contributed by atoms with Gasteiger partial charge in [0.15, 0.2) is 0 Å². The highest BCUT2D eigenvalue weighted by Crippen LogP contribution is 2.26. The van der Waals surface area contributed by atoms with E-state index in [1.54, 1.807) is 18.2 Å². The number of hydrogen-bond acceptors (Lipinski definition) is 5. The first kappa shape index (κ1) is 25.7. The molecule has 0 unspecified atom stereocenters. The largest absolute Gasteiger partial charge is 0.465 e. The van der Waals surface area contributed by atoms with Gasteiger partial charge in [-0.05, 0) is 40.8 Å². The fourth-order valence-corrected chi connectivity index (χ4v) is 4.11. The maximum absolute atomic E-state index is 12.6. The number of nitrogens with zero attached hydrogens (tertiary/aromatic N) is 1. The van der Waals surface area contributed by atoms with Crippen molar-refractivity contribution in [2.75, 3.05) is 12.4 Å². The average molecular weight is 469 g/mol. The Morgan fingerprint density at radius 2 is 1.71 bits per heavy atom. The Labute approximate surface area is 207 Å². The molecule has 0 aliphatic heterocycles. The third-order valence-corrected chi connectivity index (χ3v) is 6.03. The van der Waals surface area contributed by atoms with Gasteiger partial charge in [-0.25, -0.2) is 4.79 Å². The number of para-hydroxylation sites is 1. The number of methoxy groups -OCH3 is 1. The second-order valence-electron chi connectivity index (χ2n) is 8.57. The van der Waals surface area contributed by atoms with Crippen LogP contribution in [0.4, 0.5) is 5.69 Å². The van der Waals surface area contributed by atoms with E-state index in [-0.39, 0.29) is 12.2 Å². The minimum Gasteiger partial charge on any atom is -0.465 e. The van der Waals surface area contributed by atoms with Crippen molar-refractivity contribution in [2.24, 2.45) is 0 Å². The molecule has 180 valence electrons. The van der Waals surface area contributed by atoms with Crippen molar-refractivity contribution in [2.45, 2.75) is 52.0 Å². The molecular weight excluding hydrogens is 436 g/mol. The Bertz CT molecular complexity index is 1190. The van der Waals surface area contributed by atoms with Crippen molar-refractivity contribution in [1.82, 2.24) is 0 Å². The normalized spacial score (nSPS) is 10.4. The van der Waals surface area contributed by atoms with Crippen LogP contribution in [-0.2, 0) is 22.5 Å². The van der Waals surface area contributed by atoms with Crippen molar-refractivity contribution >= 4 is 17.4 Å². The second-order valence-corrected chi connectivity index (χ2v) is 8.57. The van der Waals surface area contributed by atoms with Gasteiger partial charge < -0.3 is 10.1 Å². The fourth-order valence-electron chi connectivity index (χ4n) is 4.11. The first-order valence-electron chi connectivity index (χ1n) is 12.1. The number of ketones is 1. The maximum Gasteiger partial charge on any atom is 0.339 e. The first-order chi connectivity index (χ1) is 17.1. The van der Waals surface area contributed by atoms with Gasteiger partial charge in [-0.15, -0.1) is 0 Å². The number of nitriles is 1. The Morgan fingerprint density at radius 3 is 2.43 bits per heavy atom. The third-order valence-electron chi connectivity index (χ3n) is 6.03. The molecule has 0 heterocycles. The van der Waals surface area contributed by atoms with Crippen molar-refractivity contribution in [1.29, 1.82) is 5.26 Å². The van der Waals surface area contributed by atoms with Gasteiger partial charge in [-0.3, -0.25) is 4.79 Å². The SMILES string of the molecule is CCCCCCC(=O)Cc1cccc(C(=O)OC)c1NCc1ccc(-c2ccccc2C#N)cc1. The van der Waals surface area contributed by atoms with Gasteiger partial charge in [-0.1, -0.05) is 80.8 Å². The lowest BCUT2D eigenvalue weighted by Crippen LogP contribution is -2.13. The highest BCUT2D eigenvalue weighted by Gasteiger charge is 2.17. The summed E-state index contributed by atoms with van der Waals surface area (Å²) in [6.45, 7) is 2.63. The number of rotatable bonds is 12. The topological polar surface area (TPSA) is 79.2 Å². The van der Waals surface area contributed by atoms with E-state index in [4.69, 9.17) is 4.74 Å². The van der Waals surface area contributed by atoms with Gasteiger partial charge >= 0.3 is 5.97 Å². The van der Waals surface area contributed by atoms with Gasteiger partial charge in [0, 0.05) is 19.4 Å². The number of ether oxygens (including phenoxy) is 1. The Morgan fingerprint density at radius 1 is 0.943 bits per heavy atom. The summed E-state index contributed by atoms with van der Waals surface area (Å²) in [5.74, 6) is -0.264. The zero-order chi connectivity index (χ0) is 25.0. The van der Waals surface area contributed by atoms with Crippen LogP contribution in [-0.4, -0.2) is 18.9 Å². The molecule has 5 nitrogen and oxygen atoms in total. The molecule has 0 saturated heterocycles. The summed E-state index contributed by atoms with van der Waals surface area (Å²) < 4.78 is 4.98. The van der Waals surface area contributed by atoms with E-state index in [9.17, 15) is 14.9 Å². The molecule has 0 aliphatic rings. The maximum atomic E-state index is 12.6. The van der Waals surface area contributed by atoms with Gasteiger partial charge in [0.1, 0.15) is 5.78 Å². The van der Waals surface area contributed by atoms with Crippen LogP contribution in [0.1, 0.15) is 66.1 Å². The number of anilines is 1. The van der Waals surface area contributed by atoms with Crippen LogP contribution in [0.3, 0.4) is 0 Å². The lowest BCUT2D eigenvalue weighted by Gasteiger charge is -2.16. The second kappa shape index (κ2) is 13.1. The molecule has 5 heteroatoms. The van der Waals surface area contributed by atoms with Gasteiger partial charge in [-0.2, -0.15) is 5.26 Å². The molecular formula is C30H32N2O3. The van der Waals surface area contributed by atoms with Gasteiger partial charge in [0.25, 0.3) is 0 Å². The summed E-state index contributed by atoms with van der Waals surface area (Å²) in [6.07, 6.45) is 5.06. The number of Topliss-reactive ketones (excluding diaryl/α,β-unsaturated/α-hetero) is 1. The first-order valence-corrected chi connectivity index (χ1v) is 12.1. The van der Waals surface area contributed by atoms with Crippen LogP contribution in [0.5, 0.6) is 0 Å². The van der Waals surface area contributed by atoms with Crippen molar-refractivity contribution < 1.29 is 14.3 Å². The summed E-state index contributed by atoms with van der Waals surface area (Å²) in [5, 5.41) is 12.7. The lowest BCUT2D eigenvalue weighted by molar-refractivity contribution is -0.118. The van der Waals surface area contributed by atoms with Gasteiger partial charge in [0.05, 0.1) is 30.0 Å². The van der Waals surface area contributed by atoms with Crippen LogP contribution in [0.2, 0.25) is 0 Å². The average Bonchev–Trinajstić information content (AvgIpc) is 2.90. The van der Waals surface area contributed by atoms with Crippen molar-refractivity contribution in [3.8, 4) is 17.2 Å². The standard InChI is InChI=1S/C30H32N2O3/c1-3-4-5-6-12-26(33)19-24-11-9-14-28(30(34)35-2)29(24)32-21-22-15-17-23(18-16-22)27-13-8-7-10-25(27)20-31/h7-11,13-18,32H,3-6,12,19,21H2,1-2H3. The van der Waals surface area contributed by atoms with E-state index in [1.165, 1.54) is 7.11 Å². The lowest BCUT2D eigenvalue weighted by atomic mass is 9.98. The molecule has 3 aromatic carbocycles. The zero-order valence-electron chi connectivity index (χ0n) is 20.5. The highest BCUT2D eigenvalue weighted by molar-refractivity contribution is 5.97. The Kier molecular flexibility index (Phi) is 9.62. The zero-order valence-corrected chi connectivity index (χ0v) is 20.5. The molecule has 3 aromatic rings. The number of unbranched alkanes of at least 4 members (excludes halogenated alkanes) is 3. The molecule has 0 aromatic heterocycles. The summed E-state index contributed by atoms with van der Waals surface area (Å²) in [6, 6.07) is 23.1. The number of esters is 1. The molecule has 0 atom stereocenters. The summed E-state index contributed by atoms with van der Waals surface area (Å²) in [7, 11) is 1.36. The molecule has 0 fully saturated rings. The molecule has 0 saturated carbocycles. The fraction of sp³-hybridized carbons (Fsp3) is 0.300. The molecule has 0 bridgehead atoms. The minimum atomic E-state index is -0.437. The predicted octanol–water partition coefficient (Wildman–Crippen LogP) is 6.71. The smallest absolute Gasteiger partial charge is 0.339 e. The number of benzene rings is 3. The molecule has 0 radical (unpaired) electrons. The van der Waals surface area contributed by atoms with Gasteiger partial charge in [0.2, 0.25) is 0 Å². The van der Waals surface area contributed by atoms with E-state index in [0.29, 0.717) is 29.8 Å².